The second kappa shape index (κ2) is 8.63. The molecule has 1 N–H and O–H groups in total. The lowest BCUT2D eigenvalue weighted by Crippen LogP contribution is -2.30. The Labute approximate surface area is 175 Å². The second-order valence-electron chi connectivity index (χ2n) is 6.69. The van der Waals surface area contributed by atoms with Gasteiger partial charge in [-0.15, -0.1) is 11.3 Å². The van der Waals surface area contributed by atoms with Crippen molar-refractivity contribution in [2.75, 3.05) is 5.32 Å². The molecule has 28 heavy (non-hydrogen) atoms. The number of rotatable bonds is 5. The molecule has 10 heteroatoms. The number of nitrogens with one attached hydrogen (secondary N) is 1. The maximum Gasteiger partial charge on any atom is 0.341 e. The van der Waals surface area contributed by atoms with Gasteiger partial charge < -0.3 is 10.1 Å². The summed E-state index contributed by atoms with van der Waals surface area (Å²) in [6.45, 7) is 3.20. The van der Waals surface area contributed by atoms with Gasteiger partial charge in [0.25, 0.3) is 5.56 Å². The molecule has 0 aliphatic heterocycles. The van der Waals surface area contributed by atoms with Gasteiger partial charge in [-0.1, -0.05) is 23.2 Å². The largest absolute Gasteiger partial charge is 0.459 e. The molecule has 1 aliphatic carbocycles. The van der Waals surface area contributed by atoms with Gasteiger partial charge in [0.2, 0.25) is 5.91 Å². The quantitative estimate of drug-likeness (QED) is 0.711. The maximum atomic E-state index is 12.6. The number of esters is 1. The summed E-state index contributed by atoms with van der Waals surface area (Å²) in [6.07, 6.45) is 4.61. The highest BCUT2D eigenvalue weighted by molar-refractivity contribution is 7.17. The van der Waals surface area contributed by atoms with E-state index in [0.29, 0.717) is 10.6 Å². The molecular formula is C18H19Cl2N3O4S. The molecule has 1 aliphatic rings. The van der Waals surface area contributed by atoms with E-state index in [0.717, 1.165) is 40.8 Å². The summed E-state index contributed by atoms with van der Waals surface area (Å²) in [5, 5.41) is 6.82. The minimum Gasteiger partial charge on any atom is -0.459 e. The Bertz CT molecular complexity index is 984. The lowest BCUT2D eigenvalue weighted by molar-refractivity contribution is -0.117. The lowest BCUT2D eigenvalue weighted by atomic mass is 9.95. The molecule has 0 bridgehead atoms. The number of carbonyl (C=O) groups excluding carboxylic acids is 2. The number of aryl methyl sites for hydroxylation is 1. The summed E-state index contributed by atoms with van der Waals surface area (Å²) in [7, 11) is 0. The molecule has 0 saturated heterocycles. The number of fused-ring (bicyclic) bond motifs is 1. The Morgan fingerprint density at radius 2 is 2.04 bits per heavy atom. The molecule has 0 atom stereocenters. The van der Waals surface area contributed by atoms with Crippen LogP contribution in [0.5, 0.6) is 0 Å². The van der Waals surface area contributed by atoms with Crippen LogP contribution in [-0.4, -0.2) is 27.8 Å². The summed E-state index contributed by atoms with van der Waals surface area (Å²) >= 11 is 12.9. The van der Waals surface area contributed by atoms with E-state index < -0.39 is 17.4 Å². The fourth-order valence-electron chi connectivity index (χ4n) is 3.00. The molecule has 150 valence electrons. The Morgan fingerprint density at radius 1 is 1.32 bits per heavy atom. The third-order valence-electron chi connectivity index (χ3n) is 4.21. The number of aromatic nitrogens is 2. The van der Waals surface area contributed by atoms with Crippen molar-refractivity contribution >= 4 is 51.4 Å². The van der Waals surface area contributed by atoms with Crippen LogP contribution < -0.4 is 10.9 Å². The number of halogens is 2. The Hall–Kier alpha value is -1.90. The average Bonchev–Trinajstić information content (AvgIpc) is 2.99. The van der Waals surface area contributed by atoms with Crippen molar-refractivity contribution in [2.45, 2.75) is 52.2 Å². The molecule has 2 aromatic heterocycles. The highest BCUT2D eigenvalue weighted by atomic mass is 35.5. The third-order valence-corrected chi connectivity index (χ3v) is 6.16. The van der Waals surface area contributed by atoms with Crippen LogP contribution >= 0.6 is 34.5 Å². The standard InChI is InChI=1S/C18H19Cl2N3O4S/c1-9(2)27-18(26)14-10-5-3-4-6-12(10)28-16(14)22-13(24)8-23-17(25)15(20)11(19)7-21-23/h7,9H,3-6,8H2,1-2H3,(H,22,24). The third kappa shape index (κ3) is 4.39. The molecule has 0 unspecified atom stereocenters. The first-order chi connectivity index (χ1) is 13.3. The average molecular weight is 444 g/mol. The smallest absolute Gasteiger partial charge is 0.341 e. The number of hydrogen-bond acceptors (Lipinski definition) is 6. The first-order valence-corrected chi connectivity index (χ1v) is 10.4. The van der Waals surface area contributed by atoms with Crippen LogP contribution in [0.15, 0.2) is 11.0 Å². The predicted molar refractivity (Wildman–Crippen MR) is 109 cm³/mol. The van der Waals surface area contributed by atoms with Crippen LogP contribution in [0.1, 0.15) is 47.5 Å². The normalized spacial score (nSPS) is 13.3. The zero-order valence-corrected chi connectivity index (χ0v) is 17.7. The van der Waals surface area contributed by atoms with E-state index in [1.165, 1.54) is 17.5 Å². The van der Waals surface area contributed by atoms with Gasteiger partial charge in [0.05, 0.1) is 22.9 Å². The minimum absolute atomic E-state index is 0.0213. The second-order valence-corrected chi connectivity index (χ2v) is 8.58. The molecule has 2 heterocycles. The first-order valence-electron chi connectivity index (χ1n) is 8.84. The van der Waals surface area contributed by atoms with Gasteiger partial charge in [0.1, 0.15) is 16.6 Å². The number of amides is 1. The van der Waals surface area contributed by atoms with Crippen molar-refractivity contribution in [3.05, 3.63) is 42.6 Å². The SMILES string of the molecule is CC(C)OC(=O)c1c(NC(=O)Cn2ncc(Cl)c(Cl)c2=O)sc2c1CCCC2. The zero-order chi connectivity index (χ0) is 20.4. The molecule has 0 saturated carbocycles. The molecule has 0 aromatic carbocycles. The van der Waals surface area contributed by atoms with Crippen LogP contribution in [0, 0.1) is 0 Å². The summed E-state index contributed by atoms with van der Waals surface area (Å²) in [5.74, 6) is -0.945. The van der Waals surface area contributed by atoms with Crippen molar-refractivity contribution in [3.8, 4) is 0 Å². The predicted octanol–water partition coefficient (Wildman–Crippen LogP) is 3.69. The van der Waals surface area contributed by atoms with Crippen LogP contribution in [0.2, 0.25) is 10.0 Å². The van der Waals surface area contributed by atoms with Crippen molar-refractivity contribution in [1.29, 1.82) is 0 Å². The topological polar surface area (TPSA) is 90.3 Å². The molecule has 7 nitrogen and oxygen atoms in total. The summed E-state index contributed by atoms with van der Waals surface area (Å²) < 4.78 is 6.29. The molecule has 3 rings (SSSR count). The van der Waals surface area contributed by atoms with Crippen molar-refractivity contribution in [3.63, 3.8) is 0 Å². The molecule has 0 spiro atoms. The number of nitrogens with zero attached hydrogens (tertiary/aromatic N) is 2. The fraction of sp³-hybridized carbons (Fsp3) is 0.444. The van der Waals surface area contributed by atoms with E-state index in [9.17, 15) is 14.4 Å². The number of carbonyl (C=O) groups is 2. The van der Waals surface area contributed by atoms with E-state index in [-0.39, 0.29) is 22.7 Å². The number of hydrogen-bond donors (Lipinski definition) is 1. The summed E-state index contributed by atoms with van der Waals surface area (Å²) in [6, 6.07) is 0. The maximum absolute atomic E-state index is 12.6. The van der Waals surface area contributed by atoms with E-state index in [1.807, 2.05) is 0 Å². The number of thiophene rings is 1. The van der Waals surface area contributed by atoms with E-state index >= 15 is 0 Å². The van der Waals surface area contributed by atoms with Crippen LogP contribution in [0.3, 0.4) is 0 Å². The van der Waals surface area contributed by atoms with Crippen molar-refractivity contribution in [2.24, 2.45) is 0 Å². The monoisotopic (exact) mass is 443 g/mol. The molecule has 2 aromatic rings. The Balaban J connectivity index is 1.86. The summed E-state index contributed by atoms with van der Waals surface area (Å²) in [5.41, 5.74) is 0.701. The zero-order valence-electron chi connectivity index (χ0n) is 15.4. The first kappa shape index (κ1) is 20.8. The van der Waals surface area contributed by atoms with E-state index in [1.54, 1.807) is 13.8 Å². The van der Waals surface area contributed by atoms with Gasteiger partial charge >= 0.3 is 5.97 Å². The van der Waals surface area contributed by atoms with Crippen LogP contribution in [-0.2, 0) is 28.9 Å². The van der Waals surface area contributed by atoms with E-state index in [4.69, 9.17) is 27.9 Å². The molecule has 0 fully saturated rings. The van der Waals surface area contributed by atoms with E-state index in [2.05, 4.69) is 10.4 Å². The highest BCUT2D eigenvalue weighted by Gasteiger charge is 2.28. The fourth-order valence-corrected chi connectivity index (χ4v) is 4.57. The van der Waals surface area contributed by atoms with Gasteiger partial charge in [-0.3, -0.25) is 9.59 Å². The molecule has 0 radical (unpaired) electrons. The van der Waals surface area contributed by atoms with Crippen LogP contribution in [0.25, 0.3) is 0 Å². The van der Waals surface area contributed by atoms with Gasteiger partial charge in [-0.25, -0.2) is 9.48 Å². The Kier molecular flexibility index (Phi) is 6.42. The van der Waals surface area contributed by atoms with Gasteiger partial charge in [0.15, 0.2) is 0 Å². The lowest BCUT2D eigenvalue weighted by Gasteiger charge is -2.14. The molecule has 1 amide bonds. The van der Waals surface area contributed by atoms with Crippen molar-refractivity contribution in [1.82, 2.24) is 9.78 Å². The van der Waals surface area contributed by atoms with Gasteiger partial charge in [-0.05, 0) is 45.1 Å². The van der Waals surface area contributed by atoms with Crippen LogP contribution in [0.4, 0.5) is 5.00 Å². The van der Waals surface area contributed by atoms with Gasteiger partial charge in [0, 0.05) is 4.88 Å². The van der Waals surface area contributed by atoms with Crippen molar-refractivity contribution < 1.29 is 14.3 Å². The number of anilines is 1. The number of ether oxygens (including phenoxy) is 1. The highest BCUT2D eigenvalue weighted by Crippen LogP contribution is 2.38. The minimum atomic E-state index is -0.658. The summed E-state index contributed by atoms with van der Waals surface area (Å²) in [4.78, 5) is 38.3. The molecular weight excluding hydrogens is 425 g/mol. The van der Waals surface area contributed by atoms with Gasteiger partial charge in [-0.2, -0.15) is 5.10 Å². The Morgan fingerprint density at radius 3 is 2.75 bits per heavy atom.